The topological polar surface area (TPSA) is 60.2 Å². The summed E-state index contributed by atoms with van der Waals surface area (Å²) in [6.45, 7) is 8.69. The van der Waals surface area contributed by atoms with E-state index in [4.69, 9.17) is 9.26 Å². The van der Waals surface area contributed by atoms with Crippen molar-refractivity contribution in [2.75, 3.05) is 11.9 Å². The van der Waals surface area contributed by atoms with Gasteiger partial charge >= 0.3 is 6.01 Å². The van der Waals surface area contributed by atoms with Gasteiger partial charge in [-0.3, -0.25) is 0 Å². The minimum Gasteiger partial charge on any atom is -0.494 e. The van der Waals surface area contributed by atoms with Gasteiger partial charge in [0.2, 0.25) is 5.82 Å². The van der Waals surface area contributed by atoms with E-state index in [0.717, 1.165) is 11.3 Å². The molecule has 5 heteroatoms. The van der Waals surface area contributed by atoms with Crippen LogP contribution in [0.1, 0.15) is 27.7 Å². The number of nitrogens with zero attached hydrogens (tertiary/aromatic N) is 2. The molecule has 2 rings (SSSR count). The van der Waals surface area contributed by atoms with Crippen LogP contribution >= 0.6 is 0 Å². The molecule has 1 aromatic heterocycles. The highest BCUT2D eigenvalue weighted by molar-refractivity contribution is 5.58. The Kier molecular flexibility index (Phi) is 3.74. The number of anilines is 1. The zero-order valence-corrected chi connectivity index (χ0v) is 11.7. The molecule has 0 unspecified atom stereocenters. The fourth-order valence-corrected chi connectivity index (χ4v) is 1.60. The van der Waals surface area contributed by atoms with Crippen molar-refractivity contribution in [3.8, 4) is 17.1 Å². The SMILES string of the molecule is CCOc1cccc(-c2noc(NC(C)(C)C)n2)c1. The summed E-state index contributed by atoms with van der Waals surface area (Å²) < 4.78 is 10.6. The molecule has 0 radical (unpaired) electrons. The van der Waals surface area contributed by atoms with Gasteiger partial charge in [-0.2, -0.15) is 4.98 Å². The summed E-state index contributed by atoms with van der Waals surface area (Å²) in [5, 5.41) is 7.11. The highest BCUT2D eigenvalue weighted by atomic mass is 16.5. The number of nitrogens with one attached hydrogen (secondary N) is 1. The van der Waals surface area contributed by atoms with Crippen molar-refractivity contribution < 1.29 is 9.26 Å². The maximum Gasteiger partial charge on any atom is 0.322 e. The van der Waals surface area contributed by atoms with Gasteiger partial charge in [-0.1, -0.05) is 17.3 Å². The Labute approximate surface area is 113 Å². The second-order valence-electron chi connectivity index (χ2n) is 5.26. The molecule has 0 bridgehead atoms. The Morgan fingerprint density at radius 1 is 1.32 bits per heavy atom. The van der Waals surface area contributed by atoms with Crippen LogP contribution in [0.15, 0.2) is 28.8 Å². The summed E-state index contributed by atoms with van der Waals surface area (Å²) in [5.74, 6) is 1.35. The summed E-state index contributed by atoms with van der Waals surface area (Å²) in [6.07, 6.45) is 0. The Hall–Kier alpha value is -2.04. The van der Waals surface area contributed by atoms with E-state index in [1.807, 2.05) is 52.0 Å². The molecule has 102 valence electrons. The maximum atomic E-state index is 5.45. The molecule has 0 aliphatic heterocycles. The Balaban J connectivity index is 2.20. The molecule has 1 N–H and O–H groups in total. The van der Waals surface area contributed by atoms with Crippen molar-refractivity contribution in [3.05, 3.63) is 24.3 Å². The lowest BCUT2D eigenvalue weighted by Crippen LogP contribution is -2.26. The second-order valence-corrected chi connectivity index (χ2v) is 5.26. The van der Waals surface area contributed by atoms with Crippen LogP contribution in [-0.4, -0.2) is 22.3 Å². The normalized spacial score (nSPS) is 11.4. The van der Waals surface area contributed by atoms with Gasteiger partial charge in [0.15, 0.2) is 0 Å². The van der Waals surface area contributed by atoms with Gasteiger partial charge in [-0.15, -0.1) is 0 Å². The number of aromatic nitrogens is 2. The lowest BCUT2D eigenvalue weighted by Gasteiger charge is -2.17. The fourth-order valence-electron chi connectivity index (χ4n) is 1.60. The van der Waals surface area contributed by atoms with Crippen LogP contribution in [0.25, 0.3) is 11.4 Å². The first-order valence-electron chi connectivity index (χ1n) is 6.33. The molecule has 0 saturated carbocycles. The lowest BCUT2D eigenvalue weighted by atomic mass is 10.1. The van der Waals surface area contributed by atoms with Gasteiger partial charge in [0.25, 0.3) is 0 Å². The van der Waals surface area contributed by atoms with Gasteiger partial charge in [0.1, 0.15) is 5.75 Å². The van der Waals surface area contributed by atoms with Crippen LogP contribution in [0.4, 0.5) is 6.01 Å². The predicted octanol–water partition coefficient (Wildman–Crippen LogP) is 3.35. The van der Waals surface area contributed by atoms with Gasteiger partial charge in [0.05, 0.1) is 6.61 Å². The second kappa shape index (κ2) is 5.30. The molecule has 5 nitrogen and oxygen atoms in total. The van der Waals surface area contributed by atoms with E-state index in [-0.39, 0.29) is 5.54 Å². The first-order valence-corrected chi connectivity index (χ1v) is 6.33. The zero-order valence-electron chi connectivity index (χ0n) is 11.7. The molecule has 0 saturated heterocycles. The van der Waals surface area contributed by atoms with Crippen LogP contribution < -0.4 is 10.1 Å². The highest BCUT2D eigenvalue weighted by Gasteiger charge is 2.15. The summed E-state index contributed by atoms with van der Waals surface area (Å²) in [4.78, 5) is 4.32. The Morgan fingerprint density at radius 3 is 2.79 bits per heavy atom. The average Bonchev–Trinajstić information content (AvgIpc) is 2.76. The monoisotopic (exact) mass is 261 g/mol. The Bertz CT molecular complexity index is 544. The number of rotatable bonds is 4. The van der Waals surface area contributed by atoms with E-state index in [9.17, 15) is 0 Å². The molecule has 1 heterocycles. The maximum absolute atomic E-state index is 5.45. The first-order chi connectivity index (χ1) is 8.98. The van der Waals surface area contributed by atoms with Gasteiger partial charge < -0.3 is 14.6 Å². The largest absolute Gasteiger partial charge is 0.494 e. The molecule has 0 aliphatic carbocycles. The number of hydrogen-bond acceptors (Lipinski definition) is 5. The van der Waals surface area contributed by atoms with E-state index in [2.05, 4.69) is 15.5 Å². The third kappa shape index (κ3) is 3.71. The van der Waals surface area contributed by atoms with Gasteiger partial charge in [0, 0.05) is 11.1 Å². The van der Waals surface area contributed by atoms with E-state index >= 15 is 0 Å². The highest BCUT2D eigenvalue weighted by Crippen LogP contribution is 2.23. The molecular formula is C14H19N3O2. The van der Waals surface area contributed by atoms with Crippen molar-refractivity contribution in [1.29, 1.82) is 0 Å². The first kappa shape index (κ1) is 13.4. The predicted molar refractivity (Wildman–Crippen MR) is 74.3 cm³/mol. The van der Waals surface area contributed by atoms with Crippen molar-refractivity contribution in [2.24, 2.45) is 0 Å². The summed E-state index contributed by atoms with van der Waals surface area (Å²) in [7, 11) is 0. The molecule has 0 amide bonds. The van der Waals surface area contributed by atoms with E-state index in [1.165, 1.54) is 0 Å². The van der Waals surface area contributed by atoms with E-state index in [0.29, 0.717) is 18.4 Å². The Morgan fingerprint density at radius 2 is 2.11 bits per heavy atom. The van der Waals surface area contributed by atoms with Crippen LogP contribution in [0.3, 0.4) is 0 Å². The van der Waals surface area contributed by atoms with E-state index in [1.54, 1.807) is 0 Å². The van der Waals surface area contributed by atoms with Crippen molar-refractivity contribution in [1.82, 2.24) is 10.1 Å². The standard InChI is InChI=1S/C14H19N3O2/c1-5-18-11-8-6-7-10(9-11)12-15-13(19-17-12)16-14(2,3)4/h6-9H,5H2,1-4H3,(H,15,16,17). The van der Waals surface area contributed by atoms with Gasteiger partial charge in [-0.05, 0) is 39.8 Å². The quantitative estimate of drug-likeness (QED) is 0.914. The van der Waals surface area contributed by atoms with E-state index < -0.39 is 0 Å². The number of ether oxygens (including phenoxy) is 1. The number of benzene rings is 1. The zero-order chi connectivity index (χ0) is 13.9. The summed E-state index contributed by atoms with van der Waals surface area (Å²) in [5.41, 5.74) is 0.758. The molecule has 19 heavy (non-hydrogen) atoms. The third-order valence-corrected chi connectivity index (χ3v) is 2.31. The summed E-state index contributed by atoms with van der Waals surface area (Å²) in [6, 6.07) is 8.06. The summed E-state index contributed by atoms with van der Waals surface area (Å²) >= 11 is 0. The number of hydrogen-bond donors (Lipinski definition) is 1. The van der Waals surface area contributed by atoms with Crippen LogP contribution in [0, 0.1) is 0 Å². The van der Waals surface area contributed by atoms with Crippen molar-refractivity contribution in [2.45, 2.75) is 33.2 Å². The van der Waals surface area contributed by atoms with Crippen molar-refractivity contribution >= 4 is 6.01 Å². The van der Waals surface area contributed by atoms with Crippen LogP contribution in [0.2, 0.25) is 0 Å². The molecule has 2 aromatic rings. The van der Waals surface area contributed by atoms with Crippen molar-refractivity contribution in [3.63, 3.8) is 0 Å². The smallest absolute Gasteiger partial charge is 0.322 e. The molecule has 0 aliphatic rings. The lowest BCUT2D eigenvalue weighted by molar-refractivity contribution is 0.340. The van der Waals surface area contributed by atoms with Gasteiger partial charge in [-0.25, -0.2) is 0 Å². The van der Waals surface area contributed by atoms with Crippen LogP contribution in [0.5, 0.6) is 5.75 Å². The molecule has 0 atom stereocenters. The minimum absolute atomic E-state index is 0.114. The molecular weight excluding hydrogens is 242 g/mol. The molecule has 0 spiro atoms. The average molecular weight is 261 g/mol. The third-order valence-electron chi connectivity index (χ3n) is 2.31. The van der Waals surface area contributed by atoms with Crippen LogP contribution in [-0.2, 0) is 0 Å². The molecule has 0 fully saturated rings. The molecule has 1 aromatic carbocycles. The minimum atomic E-state index is -0.114. The fraction of sp³-hybridized carbons (Fsp3) is 0.429.